The van der Waals surface area contributed by atoms with E-state index < -0.39 is 0 Å². The highest BCUT2D eigenvalue weighted by molar-refractivity contribution is 5.16. The molecule has 0 spiro atoms. The van der Waals surface area contributed by atoms with Crippen LogP contribution in [0.3, 0.4) is 0 Å². The largest absolute Gasteiger partial charge is 0.376 e. The van der Waals surface area contributed by atoms with Gasteiger partial charge in [0.2, 0.25) is 0 Å². The van der Waals surface area contributed by atoms with Crippen LogP contribution in [0.2, 0.25) is 0 Å². The highest BCUT2D eigenvalue weighted by Crippen LogP contribution is 2.37. The summed E-state index contributed by atoms with van der Waals surface area (Å²) in [6.07, 6.45) is 0.437. The minimum absolute atomic E-state index is 0.102. The van der Waals surface area contributed by atoms with Crippen molar-refractivity contribution in [1.82, 2.24) is 0 Å². The molecule has 0 radical (unpaired) electrons. The smallest absolute Gasteiger partial charge is 0.111 e. The monoisotopic (exact) mass is 536 g/mol. The summed E-state index contributed by atoms with van der Waals surface area (Å²) in [5, 5.41) is 0. The number of hydrogen-bond acceptors (Lipinski definition) is 4. The lowest BCUT2D eigenvalue weighted by Crippen LogP contribution is -2.54. The van der Waals surface area contributed by atoms with Crippen molar-refractivity contribution in [2.45, 2.75) is 58.1 Å². The fourth-order valence-corrected chi connectivity index (χ4v) is 5.57. The van der Waals surface area contributed by atoms with Gasteiger partial charge in [-0.05, 0) is 34.6 Å². The zero-order valence-electron chi connectivity index (χ0n) is 23.3. The van der Waals surface area contributed by atoms with E-state index >= 15 is 0 Å². The first-order valence-electron chi connectivity index (χ1n) is 14.3. The molecule has 0 saturated heterocycles. The number of ether oxygens (including phenoxy) is 4. The molecule has 0 heterocycles. The lowest BCUT2D eigenvalue weighted by molar-refractivity contribution is -0.209. The third kappa shape index (κ3) is 8.12. The maximum absolute atomic E-state index is 6.73. The van der Waals surface area contributed by atoms with Crippen LogP contribution in [-0.4, -0.2) is 24.9 Å². The first kappa shape index (κ1) is 28.3. The second-order valence-corrected chi connectivity index (χ2v) is 10.8. The Morgan fingerprint density at radius 3 is 1.30 bits per heavy atom. The van der Waals surface area contributed by atoms with Crippen LogP contribution in [0.15, 0.2) is 121 Å². The van der Waals surface area contributed by atoms with Crippen LogP contribution in [0, 0.1) is 11.8 Å². The molecular formula is C36H40O4. The lowest BCUT2D eigenvalue weighted by atomic mass is 9.76. The molecule has 0 bridgehead atoms. The van der Waals surface area contributed by atoms with Crippen LogP contribution < -0.4 is 0 Å². The molecule has 0 aromatic heterocycles. The van der Waals surface area contributed by atoms with Crippen molar-refractivity contribution in [1.29, 1.82) is 0 Å². The van der Waals surface area contributed by atoms with E-state index in [1.807, 2.05) is 24.3 Å². The molecule has 1 fully saturated rings. The van der Waals surface area contributed by atoms with Gasteiger partial charge < -0.3 is 18.9 Å². The molecule has 208 valence electrons. The van der Waals surface area contributed by atoms with Crippen LogP contribution >= 0.6 is 0 Å². The second-order valence-electron chi connectivity index (χ2n) is 10.8. The average molecular weight is 537 g/mol. The highest BCUT2D eigenvalue weighted by Gasteiger charge is 2.45. The van der Waals surface area contributed by atoms with Crippen LogP contribution in [-0.2, 0) is 45.4 Å². The minimum atomic E-state index is -0.235. The van der Waals surface area contributed by atoms with Gasteiger partial charge in [-0.1, -0.05) is 128 Å². The first-order valence-corrected chi connectivity index (χ1v) is 14.3. The van der Waals surface area contributed by atoms with Crippen molar-refractivity contribution in [3.63, 3.8) is 0 Å². The number of rotatable bonds is 13. The Bertz CT molecular complexity index is 1230. The van der Waals surface area contributed by atoms with Crippen molar-refractivity contribution < 1.29 is 18.9 Å². The maximum atomic E-state index is 6.73. The molecule has 4 heteroatoms. The van der Waals surface area contributed by atoms with Gasteiger partial charge in [0.25, 0.3) is 0 Å². The maximum Gasteiger partial charge on any atom is 0.111 e. The van der Waals surface area contributed by atoms with Gasteiger partial charge in [0.1, 0.15) is 6.10 Å². The van der Waals surface area contributed by atoms with Gasteiger partial charge in [-0.15, -0.1) is 0 Å². The van der Waals surface area contributed by atoms with Gasteiger partial charge in [0.15, 0.2) is 0 Å². The van der Waals surface area contributed by atoms with Gasteiger partial charge in [-0.25, -0.2) is 0 Å². The summed E-state index contributed by atoms with van der Waals surface area (Å²) >= 11 is 0. The molecular weight excluding hydrogens is 496 g/mol. The summed E-state index contributed by atoms with van der Waals surface area (Å²) in [4.78, 5) is 0. The van der Waals surface area contributed by atoms with Crippen LogP contribution in [0.25, 0.3) is 0 Å². The van der Waals surface area contributed by atoms with E-state index in [1.54, 1.807) is 0 Å². The Hall–Kier alpha value is -3.28. The van der Waals surface area contributed by atoms with Gasteiger partial charge >= 0.3 is 0 Å². The number of benzene rings is 4. The highest BCUT2D eigenvalue weighted by atomic mass is 16.6. The summed E-state index contributed by atoms with van der Waals surface area (Å²) in [5.41, 5.74) is 4.62. The lowest BCUT2D eigenvalue weighted by Gasteiger charge is -2.45. The Morgan fingerprint density at radius 1 is 0.475 bits per heavy atom. The Morgan fingerprint density at radius 2 is 0.850 bits per heavy atom. The zero-order valence-corrected chi connectivity index (χ0v) is 23.3. The molecule has 40 heavy (non-hydrogen) atoms. The van der Waals surface area contributed by atoms with Crippen molar-refractivity contribution in [3.8, 4) is 0 Å². The van der Waals surface area contributed by atoms with E-state index in [-0.39, 0.29) is 30.1 Å². The first-order chi connectivity index (χ1) is 19.8. The molecule has 0 N–H and O–H groups in total. The fraction of sp³-hybridized carbons (Fsp3) is 0.333. The number of hydrogen-bond donors (Lipinski definition) is 0. The van der Waals surface area contributed by atoms with E-state index in [2.05, 4.69) is 104 Å². The Kier molecular flexibility index (Phi) is 10.5. The molecule has 0 unspecified atom stereocenters. The molecule has 4 aromatic carbocycles. The minimum Gasteiger partial charge on any atom is -0.376 e. The van der Waals surface area contributed by atoms with Crippen molar-refractivity contribution >= 4 is 0 Å². The zero-order chi connectivity index (χ0) is 27.4. The summed E-state index contributed by atoms with van der Waals surface area (Å²) in [7, 11) is 0. The van der Waals surface area contributed by atoms with Crippen molar-refractivity contribution in [2.75, 3.05) is 6.61 Å². The van der Waals surface area contributed by atoms with Crippen LogP contribution in [0.4, 0.5) is 0 Å². The summed E-state index contributed by atoms with van der Waals surface area (Å²) < 4.78 is 26.4. The van der Waals surface area contributed by atoms with Gasteiger partial charge in [-0.2, -0.15) is 0 Å². The third-order valence-corrected chi connectivity index (χ3v) is 7.65. The Balaban J connectivity index is 1.36. The molecule has 5 atom stereocenters. The summed E-state index contributed by atoms with van der Waals surface area (Å²) in [5.74, 6) is 0.464. The van der Waals surface area contributed by atoms with E-state index in [1.165, 1.54) is 5.56 Å². The van der Waals surface area contributed by atoms with E-state index in [0.29, 0.717) is 33.0 Å². The topological polar surface area (TPSA) is 36.9 Å². The third-order valence-electron chi connectivity index (χ3n) is 7.65. The summed E-state index contributed by atoms with van der Waals surface area (Å²) in [6, 6.07) is 41.4. The van der Waals surface area contributed by atoms with Gasteiger partial charge in [0.05, 0.1) is 45.2 Å². The predicted molar refractivity (Wildman–Crippen MR) is 158 cm³/mol. The molecule has 0 amide bonds. The van der Waals surface area contributed by atoms with E-state index in [4.69, 9.17) is 18.9 Å². The summed E-state index contributed by atoms with van der Waals surface area (Å²) in [6.45, 7) is 5.03. The van der Waals surface area contributed by atoms with Crippen LogP contribution in [0.1, 0.15) is 35.6 Å². The van der Waals surface area contributed by atoms with E-state index in [0.717, 1.165) is 23.1 Å². The molecule has 5 rings (SSSR count). The average Bonchev–Trinajstić information content (AvgIpc) is 3.01. The molecule has 0 aliphatic heterocycles. The quantitative estimate of drug-likeness (QED) is 0.176. The molecule has 1 saturated carbocycles. The standard InChI is InChI=1S/C36H40O4/c1-28-22-33(27-37-23-29-14-6-2-7-15-29)35(39-25-31-18-10-4-11-19-31)36(40-26-32-20-12-5-13-21-32)34(28)38-24-30-16-8-3-9-17-30/h2-21,28,33-36H,22-27H2,1H3/t28-,33+,34-,35+,36+/m0/s1. The predicted octanol–water partition coefficient (Wildman–Crippen LogP) is 7.62. The molecule has 1 aliphatic rings. The molecule has 1 aliphatic carbocycles. The van der Waals surface area contributed by atoms with Crippen molar-refractivity contribution in [3.05, 3.63) is 144 Å². The fourth-order valence-electron chi connectivity index (χ4n) is 5.57. The van der Waals surface area contributed by atoms with Crippen LogP contribution in [0.5, 0.6) is 0 Å². The SMILES string of the molecule is C[C@H]1C[C@H](COCc2ccccc2)[C@@H](OCc2ccccc2)[C@H](OCc2ccccc2)[C@H]1OCc1ccccc1. The van der Waals surface area contributed by atoms with Crippen molar-refractivity contribution in [2.24, 2.45) is 11.8 Å². The van der Waals surface area contributed by atoms with Gasteiger partial charge in [0, 0.05) is 5.92 Å². The van der Waals surface area contributed by atoms with Gasteiger partial charge in [-0.3, -0.25) is 0 Å². The normalized spacial score (nSPS) is 22.7. The molecule has 4 aromatic rings. The molecule has 4 nitrogen and oxygen atoms in total. The van der Waals surface area contributed by atoms with E-state index in [9.17, 15) is 0 Å². The Labute approximate surface area is 238 Å². The second kappa shape index (κ2) is 14.9.